The number of alkyl halides is 3. The van der Waals surface area contributed by atoms with Gasteiger partial charge in [-0.2, -0.15) is 23.4 Å². The number of nitrogens with zero attached hydrogens (tertiary/aromatic N) is 6. The highest BCUT2D eigenvalue weighted by molar-refractivity contribution is 6.10. The van der Waals surface area contributed by atoms with E-state index in [-0.39, 0.29) is 16.8 Å². The first kappa shape index (κ1) is 24.9. The molecule has 0 spiro atoms. The molecule has 0 fully saturated rings. The Bertz CT molecular complexity index is 1710. The molecule has 0 bridgehead atoms. The van der Waals surface area contributed by atoms with Crippen molar-refractivity contribution in [1.29, 1.82) is 0 Å². The number of aromatic nitrogens is 6. The van der Waals surface area contributed by atoms with Crippen molar-refractivity contribution in [3.63, 3.8) is 0 Å². The zero-order valence-electron chi connectivity index (χ0n) is 20.6. The number of anilines is 1. The molecule has 0 unspecified atom stereocenters. The fraction of sp³-hybridized carbons (Fsp3) is 0.192. The molecule has 5 rings (SSSR count). The summed E-state index contributed by atoms with van der Waals surface area (Å²) in [5.74, 6) is -0.709. The van der Waals surface area contributed by atoms with Crippen LogP contribution in [0.3, 0.4) is 0 Å². The number of pyridine rings is 2. The molecule has 0 radical (unpaired) electrons. The Kier molecular flexibility index (Phi) is 6.09. The van der Waals surface area contributed by atoms with E-state index in [1.807, 2.05) is 6.92 Å². The van der Waals surface area contributed by atoms with Crippen LogP contribution in [0.2, 0.25) is 0 Å². The highest BCUT2D eigenvalue weighted by atomic mass is 19.4. The third kappa shape index (κ3) is 4.44. The van der Waals surface area contributed by atoms with Crippen molar-refractivity contribution in [1.82, 2.24) is 28.9 Å². The second-order valence-corrected chi connectivity index (χ2v) is 8.71. The zero-order chi connectivity index (χ0) is 27.2. The highest BCUT2D eigenvalue weighted by Crippen LogP contribution is 2.35. The van der Waals surface area contributed by atoms with Crippen LogP contribution in [0, 0.1) is 6.92 Å². The van der Waals surface area contributed by atoms with Crippen LogP contribution in [-0.4, -0.2) is 34.9 Å². The quantitative estimate of drug-likeness (QED) is 0.369. The predicted molar refractivity (Wildman–Crippen MR) is 134 cm³/mol. The summed E-state index contributed by atoms with van der Waals surface area (Å²) in [6, 6.07) is 11.0. The molecule has 0 aliphatic carbocycles. The van der Waals surface area contributed by atoms with Gasteiger partial charge < -0.3 is 5.32 Å². The first-order valence-electron chi connectivity index (χ1n) is 11.6. The summed E-state index contributed by atoms with van der Waals surface area (Å²) < 4.78 is 45.0. The van der Waals surface area contributed by atoms with Gasteiger partial charge in [-0.3, -0.25) is 9.78 Å². The second-order valence-electron chi connectivity index (χ2n) is 8.71. The second kappa shape index (κ2) is 9.29. The molecule has 0 atom stereocenters. The van der Waals surface area contributed by atoms with Crippen LogP contribution in [0.5, 0.6) is 0 Å². The molecule has 5 aromatic rings. The molecule has 1 N–H and O–H groups in total. The lowest BCUT2D eigenvalue weighted by molar-refractivity contribution is -0.137. The lowest BCUT2D eigenvalue weighted by Gasteiger charge is -2.12. The standard InChI is InChI=1S/C26H22F3N7O2/c1-4-20-22(16-6-9-19(10-7-16)35-14-31-34(3)25(35)38)33-36-13-17(26(27,28)29)11-21(23(20)36)24(37)32-18-8-5-15(2)30-12-18/h5-14H,4H2,1-3H3,(H,32,37). The maximum atomic E-state index is 13.8. The van der Waals surface area contributed by atoms with Crippen molar-refractivity contribution in [2.75, 3.05) is 5.32 Å². The van der Waals surface area contributed by atoms with Gasteiger partial charge in [-0.1, -0.05) is 19.1 Å². The molecule has 0 aliphatic heterocycles. The van der Waals surface area contributed by atoms with Gasteiger partial charge in [0.2, 0.25) is 0 Å². The lowest BCUT2D eigenvalue weighted by atomic mass is 10.0. The average Bonchev–Trinajstić information content (AvgIpc) is 3.43. The molecule has 12 heteroatoms. The van der Waals surface area contributed by atoms with Gasteiger partial charge in [-0.25, -0.2) is 18.6 Å². The highest BCUT2D eigenvalue weighted by Gasteiger charge is 2.34. The first-order valence-corrected chi connectivity index (χ1v) is 11.6. The third-order valence-corrected chi connectivity index (χ3v) is 6.16. The molecule has 4 aromatic heterocycles. The van der Waals surface area contributed by atoms with E-state index in [9.17, 15) is 22.8 Å². The largest absolute Gasteiger partial charge is 0.417 e. The van der Waals surface area contributed by atoms with Gasteiger partial charge in [0.1, 0.15) is 6.33 Å². The monoisotopic (exact) mass is 521 g/mol. The number of amides is 1. The van der Waals surface area contributed by atoms with E-state index in [2.05, 4.69) is 20.5 Å². The van der Waals surface area contributed by atoms with Gasteiger partial charge in [-0.15, -0.1) is 0 Å². The topological polar surface area (TPSA) is 99.1 Å². The Morgan fingerprint density at radius 3 is 2.42 bits per heavy atom. The number of hydrogen-bond acceptors (Lipinski definition) is 5. The maximum absolute atomic E-state index is 13.8. The zero-order valence-corrected chi connectivity index (χ0v) is 20.6. The molecule has 1 amide bonds. The maximum Gasteiger partial charge on any atom is 0.417 e. The van der Waals surface area contributed by atoms with Gasteiger partial charge in [0.15, 0.2) is 0 Å². The number of fused-ring (bicyclic) bond motifs is 1. The Morgan fingerprint density at radius 2 is 1.84 bits per heavy atom. The Labute approximate surface area is 214 Å². The van der Waals surface area contributed by atoms with E-state index in [0.29, 0.717) is 34.6 Å². The summed E-state index contributed by atoms with van der Waals surface area (Å²) in [6.45, 7) is 3.62. The van der Waals surface area contributed by atoms with E-state index < -0.39 is 17.6 Å². The van der Waals surface area contributed by atoms with Crippen LogP contribution in [0.1, 0.15) is 34.1 Å². The number of carbonyl (C=O) groups is 1. The summed E-state index contributed by atoms with van der Waals surface area (Å²) >= 11 is 0. The molecular formula is C26H22F3N7O2. The number of nitrogens with one attached hydrogen (secondary N) is 1. The molecule has 0 saturated carbocycles. The smallest absolute Gasteiger partial charge is 0.321 e. The van der Waals surface area contributed by atoms with Gasteiger partial charge >= 0.3 is 11.9 Å². The normalized spacial score (nSPS) is 11.7. The Hall–Kier alpha value is -4.74. The van der Waals surface area contributed by atoms with Crippen LogP contribution in [0.15, 0.2) is 66.0 Å². The first-order chi connectivity index (χ1) is 18.1. The summed E-state index contributed by atoms with van der Waals surface area (Å²) in [7, 11) is 1.54. The Balaban J connectivity index is 1.64. The van der Waals surface area contributed by atoms with Crippen LogP contribution < -0.4 is 11.0 Å². The number of rotatable bonds is 5. The summed E-state index contributed by atoms with van der Waals surface area (Å²) in [5.41, 5.74) is 2.12. The molecule has 1 aromatic carbocycles. The van der Waals surface area contributed by atoms with E-state index in [0.717, 1.165) is 22.5 Å². The molecule has 194 valence electrons. The van der Waals surface area contributed by atoms with E-state index in [4.69, 9.17) is 0 Å². The summed E-state index contributed by atoms with van der Waals surface area (Å²) in [6.07, 6.45) is -0.569. The minimum Gasteiger partial charge on any atom is -0.321 e. The molecule has 0 saturated heterocycles. The molecular weight excluding hydrogens is 499 g/mol. The summed E-state index contributed by atoms with van der Waals surface area (Å²) in [5, 5.41) is 11.0. The van der Waals surface area contributed by atoms with E-state index in [1.54, 1.807) is 43.3 Å². The number of halogens is 3. The van der Waals surface area contributed by atoms with Gasteiger partial charge in [0.05, 0.1) is 39.9 Å². The van der Waals surface area contributed by atoms with Crippen molar-refractivity contribution >= 4 is 17.1 Å². The predicted octanol–water partition coefficient (Wildman–Crippen LogP) is 4.42. The molecule has 38 heavy (non-hydrogen) atoms. The van der Waals surface area contributed by atoms with Crippen molar-refractivity contribution in [3.05, 3.63) is 94.1 Å². The Morgan fingerprint density at radius 1 is 1.11 bits per heavy atom. The number of hydrogen-bond donors (Lipinski definition) is 1. The minimum atomic E-state index is -4.69. The van der Waals surface area contributed by atoms with Crippen LogP contribution in [0.4, 0.5) is 18.9 Å². The average molecular weight is 522 g/mol. The number of benzene rings is 1. The third-order valence-electron chi connectivity index (χ3n) is 6.16. The number of carbonyl (C=O) groups excluding carboxylic acids is 1. The minimum absolute atomic E-state index is 0.158. The lowest BCUT2D eigenvalue weighted by Crippen LogP contribution is -2.21. The van der Waals surface area contributed by atoms with Crippen LogP contribution in [-0.2, 0) is 19.6 Å². The van der Waals surface area contributed by atoms with Crippen LogP contribution in [0.25, 0.3) is 22.5 Å². The van der Waals surface area contributed by atoms with Crippen molar-refractivity contribution in [2.45, 2.75) is 26.4 Å². The van der Waals surface area contributed by atoms with Crippen molar-refractivity contribution < 1.29 is 18.0 Å². The van der Waals surface area contributed by atoms with Crippen LogP contribution >= 0.6 is 0 Å². The van der Waals surface area contributed by atoms with E-state index in [1.165, 1.54) is 28.8 Å². The van der Waals surface area contributed by atoms with E-state index >= 15 is 0 Å². The van der Waals surface area contributed by atoms with Crippen molar-refractivity contribution in [2.24, 2.45) is 7.05 Å². The van der Waals surface area contributed by atoms with Gasteiger partial charge in [0.25, 0.3) is 5.91 Å². The number of aryl methyl sites for hydroxylation is 3. The SMILES string of the molecule is CCc1c(-c2ccc(-n3cnn(C)c3=O)cc2)nn2cc(C(F)(F)F)cc(C(=O)Nc3ccc(C)nc3)c12. The summed E-state index contributed by atoms with van der Waals surface area (Å²) in [4.78, 5) is 29.6. The van der Waals surface area contributed by atoms with Gasteiger partial charge in [0, 0.05) is 30.1 Å². The molecule has 4 heterocycles. The fourth-order valence-corrected chi connectivity index (χ4v) is 4.22. The fourth-order valence-electron chi connectivity index (χ4n) is 4.22. The molecule has 0 aliphatic rings. The van der Waals surface area contributed by atoms with Crippen molar-refractivity contribution in [3.8, 4) is 16.9 Å². The van der Waals surface area contributed by atoms with Gasteiger partial charge in [-0.05, 0) is 43.7 Å². The molecule has 9 nitrogen and oxygen atoms in total.